The van der Waals surface area contributed by atoms with Crippen LogP contribution in [0.3, 0.4) is 0 Å². The highest BCUT2D eigenvalue weighted by Crippen LogP contribution is 2.35. The first kappa shape index (κ1) is 22.8. The Morgan fingerprint density at radius 2 is 2.00 bits per heavy atom. The molecule has 0 spiro atoms. The molecule has 8 nitrogen and oxygen atoms in total. The Kier molecular flexibility index (Phi) is 5.92. The van der Waals surface area contributed by atoms with E-state index in [9.17, 15) is 0 Å². The zero-order valence-electron chi connectivity index (χ0n) is 19.7. The van der Waals surface area contributed by atoms with Crippen LogP contribution in [0, 0.1) is 0 Å². The summed E-state index contributed by atoms with van der Waals surface area (Å²) in [4.78, 5) is 17.5. The Hall–Kier alpha value is -2.65. The van der Waals surface area contributed by atoms with Crippen molar-refractivity contribution in [3.63, 3.8) is 0 Å². The van der Waals surface area contributed by atoms with Gasteiger partial charge in [-0.1, -0.05) is 23.2 Å². The molecule has 0 saturated carbocycles. The minimum atomic E-state index is -0.344. The lowest BCUT2D eigenvalue weighted by Gasteiger charge is -2.35. The molecule has 5 heterocycles. The number of ether oxygens (including phenoxy) is 1. The van der Waals surface area contributed by atoms with E-state index in [1.807, 2.05) is 25.1 Å². The second kappa shape index (κ2) is 9.09. The molecular formula is C25H27Cl2N7O. The third kappa shape index (κ3) is 4.29. The molecule has 1 saturated heterocycles. The van der Waals surface area contributed by atoms with E-state index in [0.29, 0.717) is 27.4 Å². The normalized spacial score (nSPS) is 19.8. The molecule has 2 aliphatic rings. The molecule has 6 rings (SSSR count). The second-order valence-electron chi connectivity index (χ2n) is 9.53. The van der Waals surface area contributed by atoms with Crippen molar-refractivity contribution in [2.75, 3.05) is 20.1 Å². The second-order valence-corrected chi connectivity index (χ2v) is 10.3. The summed E-state index contributed by atoms with van der Waals surface area (Å²) >= 11 is 12.6. The van der Waals surface area contributed by atoms with Crippen LogP contribution in [-0.2, 0) is 13.1 Å². The highest BCUT2D eigenvalue weighted by atomic mass is 35.5. The van der Waals surface area contributed by atoms with Gasteiger partial charge in [0.15, 0.2) is 5.82 Å². The molecule has 0 radical (unpaired) electrons. The Morgan fingerprint density at radius 3 is 2.77 bits per heavy atom. The van der Waals surface area contributed by atoms with E-state index < -0.39 is 0 Å². The van der Waals surface area contributed by atoms with Gasteiger partial charge < -0.3 is 14.6 Å². The number of aromatic nitrogens is 5. The number of likely N-dealkylation sites (N-methyl/N-ethyl adjacent to an activating group) is 1. The van der Waals surface area contributed by atoms with Crippen molar-refractivity contribution in [1.29, 1.82) is 0 Å². The van der Waals surface area contributed by atoms with Crippen LogP contribution < -0.4 is 4.74 Å². The van der Waals surface area contributed by atoms with Crippen molar-refractivity contribution < 1.29 is 4.74 Å². The average Bonchev–Trinajstić information content (AvgIpc) is 3.51. The Bertz CT molecular complexity index is 1340. The number of pyridine rings is 1. The van der Waals surface area contributed by atoms with Gasteiger partial charge in [-0.3, -0.25) is 15.0 Å². The first-order chi connectivity index (χ1) is 17.0. The highest BCUT2D eigenvalue weighted by molar-refractivity contribution is 6.35. The lowest BCUT2D eigenvalue weighted by molar-refractivity contribution is 0.109. The van der Waals surface area contributed by atoms with Crippen LogP contribution in [0.2, 0.25) is 10.0 Å². The van der Waals surface area contributed by atoms with Crippen LogP contribution in [0.5, 0.6) is 5.75 Å². The summed E-state index contributed by atoms with van der Waals surface area (Å²) in [7, 11) is 2.21. The number of hydrogen-bond acceptors (Lipinski definition) is 6. The maximum atomic E-state index is 6.32. The van der Waals surface area contributed by atoms with E-state index in [1.54, 1.807) is 12.4 Å². The smallest absolute Gasteiger partial charge is 0.159 e. The monoisotopic (exact) mass is 511 g/mol. The van der Waals surface area contributed by atoms with Gasteiger partial charge >= 0.3 is 0 Å². The molecule has 4 aromatic rings. The van der Waals surface area contributed by atoms with Gasteiger partial charge in [0.25, 0.3) is 0 Å². The summed E-state index contributed by atoms with van der Waals surface area (Å²) in [6, 6.07) is 6.44. The number of hydrogen-bond donors (Lipinski definition) is 2. The number of piperidine rings is 1. The molecule has 1 fully saturated rings. The number of likely N-dealkylation sites (tertiary alicyclic amines) is 1. The van der Waals surface area contributed by atoms with E-state index in [0.717, 1.165) is 47.7 Å². The Balaban J connectivity index is 1.23. The number of nitrogens with zero attached hydrogens (tertiary/aromatic N) is 5. The number of fused-ring (bicyclic) bond motifs is 2. The van der Waals surface area contributed by atoms with Gasteiger partial charge in [0.05, 0.1) is 26.9 Å². The number of aromatic amines is 2. The third-order valence-electron chi connectivity index (χ3n) is 7.06. The third-order valence-corrected chi connectivity index (χ3v) is 7.67. The van der Waals surface area contributed by atoms with E-state index in [2.05, 4.69) is 37.0 Å². The van der Waals surface area contributed by atoms with Crippen LogP contribution in [0.1, 0.15) is 42.8 Å². The van der Waals surface area contributed by atoms with Crippen molar-refractivity contribution in [3.8, 4) is 17.3 Å². The van der Waals surface area contributed by atoms with Crippen molar-refractivity contribution in [1.82, 2.24) is 34.9 Å². The lowest BCUT2D eigenvalue weighted by Crippen LogP contribution is -2.44. The predicted octanol–water partition coefficient (Wildman–Crippen LogP) is 5.20. The van der Waals surface area contributed by atoms with E-state index in [1.165, 1.54) is 25.1 Å². The molecule has 2 N–H and O–H groups in total. The van der Waals surface area contributed by atoms with Gasteiger partial charge in [-0.2, -0.15) is 5.10 Å². The molecule has 10 heteroatoms. The Morgan fingerprint density at radius 1 is 1.17 bits per heavy atom. The minimum Gasteiger partial charge on any atom is -0.486 e. The van der Waals surface area contributed by atoms with Crippen LogP contribution in [0.15, 0.2) is 30.6 Å². The molecule has 2 atom stereocenters. The molecule has 0 aliphatic carbocycles. The molecule has 1 unspecified atom stereocenters. The zero-order valence-corrected chi connectivity index (χ0v) is 21.2. The topological polar surface area (TPSA) is 86.0 Å². The van der Waals surface area contributed by atoms with E-state index in [-0.39, 0.29) is 6.10 Å². The van der Waals surface area contributed by atoms with Crippen LogP contribution in [-0.4, -0.2) is 61.1 Å². The maximum Gasteiger partial charge on any atom is 0.159 e. The lowest BCUT2D eigenvalue weighted by atomic mass is 10.1. The number of H-pyrrole nitrogens is 2. The molecule has 0 amide bonds. The fourth-order valence-electron chi connectivity index (χ4n) is 5.29. The van der Waals surface area contributed by atoms with Gasteiger partial charge in [0.2, 0.25) is 0 Å². The number of halogens is 2. The summed E-state index contributed by atoms with van der Waals surface area (Å²) in [5.41, 5.74) is 4.73. The van der Waals surface area contributed by atoms with Crippen molar-refractivity contribution in [2.45, 2.75) is 45.0 Å². The molecule has 182 valence electrons. The predicted molar refractivity (Wildman–Crippen MR) is 137 cm³/mol. The fraction of sp³-hybridized carbons (Fsp3) is 0.400. The minimum absolute atomic E-state index is 0.344. The number of imidazole rings is 1. The van der Waals surface area contributed by atoms with Gasteiger partial charge in [-0.15, -0.1) is 0 Å². The molecular weight excluding hydrogens is 485 g/mol. The average molecular weight is 512 g/mol. The largest absolute Gasteiger partial charge is 0.486 e. The quantitative estimate of drug-likeness (QED) is 0.382. The van der Waals surface area contributed by atoms with Crippen LogP contribution >= 0.6 is 23.2 Å². The molecule has 1 aromatic carbocycles. The number of nitrogens with one attached hydrogen (secondary N) is 2. The maximum absolute atomic E-state index is 6.32. The summed E-state index contributed by atoms with van der Waals surface area (Å²) in [5, 5.41) is 9.58. The van der Waals surface area contributed by atoms with E-state index in [4.69, 9.17) is 32.9 Å². The SMILES string of the molecule is C[C@@H](Oc1ccc2[nH]nc(-c3nc4c([nH]3)CN(C3CCCN(C)C3)C4)c2c1)c1c(Cl)cncc1Cl. The van der Waals surface area contributed by atoms with Crippen molar-refractivity contribution in [2.24, 2.45) is 0 Å². The first-order valence-corrected chi connectivity index (χ1v) is 12.7. The summed E-state index contributed by atoms with van der Waals surface area (Å²) in [6.07, 6.45) is 5.31. The highest BCUT2D eigenvalue weighted by Gasteiger charge is 2.31. The molecule has 3 aromatic heterocycles. The van der Waals surface area contributed by atoms with Crippen LogP contribution in [0.25, 0.3) is 22.4 Å². The van der Waals surface area contributed by atoms with Gasteiger partial charge in [-0.25, -0.2) is 4.98 Å². The number of rotatable bonds is 5. The van der Waals surface area contributed by atoms with Gasteiger partial charge in [-0.05, 0) is 51.6 Å². The van der Waals surface area contributed by atoms with Gasteiger partial charge in [0.1, 0.15) is 17.5 Å². The first-order valence-electron chi connectivity index (χ1n) is 11.9. The standard InChI is InChI=1S/C25H27Cl2N7O/c1-14(23-18(26)9-28-10-19(23)27)35-16-5-6-20-17(8-16)24(32-31-20)25-29-21-12-34(13-22(21)30-25)15-4-3-7-33(2)11-15/h5-6,8-10,14-15H,3-4,7,11-13H2,1-2H3,(H,29,30)(H,31,32)/t14-,15?/m1/s1. The molecule has 35 heavy (non-hydrogen) atoms. The van der Waals surface area contributed by atoms with Crippen molar-refractivity contribution in [3.05, 3.63) is 57.6 Å². The van der Waals surface area contributed by atoms with E-state index >= 15 is 0 Å². The fourth-order valence-corrected chi connectivity index (χ4v) is 5.96. The van der Waals surface area contributed by atoms with Crippen LogP contribution in [0.4, 0.5) is 0 Å². The number of benzene rings is 1. The summed E-state index contributed by atoms with van der Waals surface area (Å²) in [5.74, 6) is 1.48. The molecule has 0 bridgehead atoms. The Labute approximate surface area is 213 Å². The molecule has 2 aliphatic heterocycles. The van der Waals surface area contributed by atoms with Crippen molar-refractivity contribution >= 4 is 34.1 Å². The van der Waals surface area contributed by atoms with Gasteiger partial charge in [0, 0.05) is 49.0 Å². The zero-order chi connectivity index (χ0) is 24.1. The summed E-state index contributed by atoms with van der Waals surface area (Å²) in [6.45, 7) is 6.02. The summed E-state index contributed by atoms with van der Waals surface area (Å²) < 4.78 is 6.20.